The summed E-state index contributed by atoms with van der Waals surface area (Å²) in [4.78, 5) is 0. The molecule has 0 unspecified atom stereocenters. The fourth-order valence-corrected chi connectivity index (χ4v) is 7.95. The maximum atomic E-state index is 2.50. The van der Waals surface area contributed by atoms with Gasteiger partial charge in [-0.3, -0.25) is 0 Å². The van der Waals surface area contributed by atoms with Crippen LogP contribution < -0.4 is 37.2 Å². The third-order valence-corrected chi connectivity index (χ3v) is 10.1. The van der Waals surface area contributed by atoms with Crippen LogP contribution in [-0.4, -0.2) is 0 Å². The van der Waals surface area contributed by atoms with E-state index in [4.69, 9.17) is 0 Å². The van der Waals surface area contributed by atoms with Crippen molar-refractivity contribution in [2.45, 2.75) is 78.4 Å². The van der Waals surface area contributed by atoms with E-state index >= 15 is 0 Å². The van der Waals surface area contributed by atoms with Gasteiger partial charge in [0.05, 0.1) is 0 Å². The van der Waals surface area contributed by atoms with Gasteiger partial charge < -0.3 is 37.2 Å². The second-order valence-corrected chi connectivity index (χ2v) is 12.3. The minimum Gasteiger partial charge on any atom is -1.00 e. The quantitative estimate of drug-likeness (QED) is 0.298. The van der Waals surface area contributed by atoms with Gasteiger partial charge in [0.15, 0.2) is 0 Å². The van der Waals surface area contributed by atoms with Crippen LogP contribution in [-0.2, 0) is 25.9 Å². The summed E-state index contributed by atoms with van der Waals surface area (Å²) in [5, 5.41) is 0. The number of hydrogen-bond acceptors (Lipinski definition) is 0. The molecule has 0 bridgehead atoms. The molecule has 3 aromatic rings. The molecule has 0 aliphatic heterocycles. The van der Waals surface area contributed by atoms with Crippen molar-refractivity contribution in [1.29, 1.82) is 0 Å². The van der Waals surface area contributed by atoms with Gasteiger partial charge >= 0.3 is 226 Å². The van der Waals surface area contributed by atoms with Gasteiger partial charge in [0.25, 0.3) is 0 Å². The summed E-state index contributed by atoms with van der Waals surface area (Å²) < 4.78 is -0.206. The minimum atomic E-state index is -0.371. The molecule has 4 heteroatoms. The third-order valence-electron chi connectivity index (χ3n) is 8.34. The zero-order valence-corrected chi connectivity index (χ0v) is 28.2. The average Bonchev–Trinajstić information content (AvgIpc) is 2.88. The van der Waals surface area contributed by atoms with E-state index in [0.717, 1.165) is 0 Å². The van der Waals surface area contributed by atoms with E-state index in [1.807, 2.05) is 0 Å². The van der Waals surface area contributed by atoms with Crippen molar-refractivity contribution in [3.63, 3.8) is 0 Å². The van der Waals surface area contributed by atoms with Crippen LogP contribution in [0.1, 0.15) is 77.8 Å². The maximum absolute atomic E-state index is 2.50. The van der Waals surface area contributed by atoms with Crippen molar-refractivity contribution in [3.8, 4) is 0 Å². The van der Waals surface area contributed by atoms with Crippen molar-refractivity contribution >= 4 is 0 Å². The normalized spacial score (nSPS) is 14.6. The van der Waals surface area contributed by atoms with Crippen LogP contribution in [0.25, 0.3) is 0 Å². The molecule has 1 aliphatic carbocycles. The topological polar surface area (TPSA) is 0 Å². The van der Waals surface area contributed by atoms with Crippen molar-refractivity contribution in [1.82, 2.24) is 0 Å². The standard InChI is InChI=1S/C34H39.3ClH.Ti/c1-20-11-21(2)15-30(14-20)34(31-16-22(3)12-23(4)17-31,32-18-24(5)13-25(6)19-32)33-28(9)26(7)27(8)29(33)10;;;;/h11-19H,1-10H3;3*1H;/q;;;;+3/p-3. The number of rotatable bonds is 4. The Hall–Kier alpha value is -1.28. The second kappa shape index (κ2) is 12.5. The summed E-state index contributed by atoms with van der Waals surface area (Å²) in [6, 6.07) is 21.6. The second-order valence-electron chi connectivity index (χ2n) is 11.1. The molecular formula is C34H39Cl3Ti. The Kier molecular flexibility index (Phi) is 11.4. The first-order valence-corrected chi connectivity index (χ1v) is 13.5. The molecule has 0 N–H and O–H groups in total. The molecule has 0 amide bonds. The Bertz CT molecular complexity index is 1200. The van der Waals surface area contributed by atoms with Gasteiger partial charge in [-0.05, 0) is 0 Å². The molecule has 38 heavy (non-hydrogen) atoms. The zero-order valence-electron chi connectivity index (χ0n) is 24.3. The summed E-state index contributed by atoms with van der Waals surface area (Å²) in [5.74, 6) is 0. The first-order valence-electron chi connectivity index (χ1n) is 12.7. The van der Waals surface area contributed by atoms with Crippen LogP contribution >= 0.6 is 0 Å². The molecule has 4 rings (SSSR count). The molecule has 0 fully saturated rings. The zero-order chi connectivity index (χ0) is 25.9. The number of allylic oxidation sites excluding steroid dienone is 4. The van der Waals surface area contributed by atoms with Gasteiger partial charge in [0.1, 0.15) is 0 Å². The van der Waals surface area contributed by atoms with Gasteiger partial charge in [-0.25, -0.2) is 0 Å². The molecule has 3 aromatic carbocycles. The minimum absolute atomic E-state index is 0. The monoisotopic (exact) mass is 600 g/mol. The van der Waals surface area contributed by atoms with Crippen LogP contribution in [0.4, 0.5) is 0 Å². The third kappa shape index (κ3) is 5.37. The smallest absolute Gasteiger partial charge is 1.00 e. The van der Waals surface area contributed by atoms with E-state index in [2.05, 4.69) is 144 Å². The first kappa shape index (κ1) is 34.8. The Morgan fingerprint density at radius 1 is 0.421 bits per heavy atom. The van der Waals surface area contributed by atoms with Crippen LogP contribution in [0, 0.1) is 41.5 Å². The molecule has 0 nitrogen and oxygen atoms in total. The Balaban J connectivity index is 0.00000241. The first-order chi connectivity index (χ1) is 16.3. The van der Waals surface area contributed by atoms with Crippen molar-refractivity contribution in [2.75, 3.05) is 0 Å². The molecule has 0 saturated heterocycles. The average molecular weight is 602 g/mol. The van der Waals surface area contributed by atoms with Gasteiger partial charge in [-0.1, -0.05) is 0 Å². The molecule has 0 aromatic heterocycles. The van der Waals surface area contributed by atoms with E-state index in [-0.39, 0.29) is 46.4 Å². The summed E-state index contributed by atoms with van der Waals surface area (Å²) >= 11 is 2.50. The Morgan fingerprint density at radius 3 is 0.842 bits per heavy atom. The van der Waals surface area contributed by atoms with Gasteiger partial charge in [-0.2, -0.15) is 0 Å². The van der Waals surface area contributed by atoms with Gasteiger partial charge in [-0.15, -0.1) is 0 Å². The van der Waals surface area contributed by atoms with Crippen molar-refractivity contribution in [3.05, 3.63) is 127 Å². The molecule has 0 spiro atoms. The van der Waals surface area contributed by atoms with Crippen LogP contribution in [0.3, 0.4) is 0 Å². The molecule has 0 radical (unpaired) electrons. The molecule has 0 atom stereocenters. The Morgan fingerprint density at radius 2 is 0.632 bits per heavy atom. The van der Waals surface area contributed by atoms with Crippen LogP contribution in [0.5, 0.6) is 0 Å². The largest absolute Gasteiger partial charge is 1.00 e. The summed E-state index contributed by atoms with van der Waals surface area (Å²) in [7, 11) is 0. The van der Waals surface area contributed by atoms with E-state index in [1.54, 1.807) is 0 Å². The van der Waals surface area contributed by atoms with E-state index in [1.165, 1.54) is 72.4 Å². The predicted molar refractivity (Wildman–Crippen MR) is 147 cm³/mol. The number of benzene rings is 3. The SMILES string of the molecule is CC1=C(C)[C]([Ti+3])(C(c2cc(C)cc(C)c2)(c2cc(C)cc(C)c2)c2cc(C)cc(C)c2)C(C)=C1C.[Cl-].[Cl-].[Cl-]. The number of hydrogen-bond donors (Lipinski definition) is 0. The predicted octanol–water partition coefficient (Wildman–Crippen LogP) is 0.275. The molecular weight excluding hydrogens is 563 g/mol. The molecule has 0 heterocycles. The van der Waals surface area contributed by atoms with E-state index in [0.29, 0.717) is 0 Å². The van der Waals surface area contributed by atoms with Gasteiger partial charge in [0, 0.05) is 0 Å². The summed E-state index contributed by atoms with van der Waals surface area (Å²) in [5.41, 5.74) is 17.5. The molecule has 200 valence electrons. The number of halogens is 3. The van der Waals surface area contributed by atoms with Crippen LogP contribution in [0.15, 0.2) is 76.9 Å². The summed E-state index contributed by atoms with van der Waals surface area (Å²) in [6.45, 7) is 22.8. The van der Waals surface area contributed by atoms with E-state index < -0.39 is 0 Å². The summed E-state index contributed by atoms with van der Waals surface area (Å²) in [6.07, 6.45) is 0. The molecule has 0 saturated carbocycles. The molecule has 1 aliphatic rings. The van der Waals surface area contributed by atoms with Gasteiger partial charge in [0.2, 0.25) is 0 Å². The Labute approximate surface area is 261 Å². The van der Waals surface area contributed by atoms with Crippen molar-refractivity contribution in [2.24, 2.45) is 0 Å². The van der Waals surface area contributed by atoms with Crippen LogP contribution in [0.2, 0.25) is 3.72 Å². The maximum Gasteiger partial charge on any atom is -1.00 e. The fourth-order valence-electron chi connectivity index (χ4n) is 6.69. The van der Waals surface area contributed by atoms with E-state index in [9.17, 15) is 0 Å². The number of aryl methyl sites for hydroxylation is 6. The van der Waals surface area contributed by atoms with Crippen molar-refractivity contribution < 1.29 is 57.7 Å². The fraction of sp³-hybridized carbons (Fsp3) is 0.353.